The number of carbonyl (C=O) groups is 4. The predicted molar refractivity (Wildman–Crippen MR) is 154 cm³/mol. The van der Waals surface area contributed by atoms with E-state index in [-0.39, 0.29) is 30.2 Å². The Morgan fingerprint density at radius 2 is 1.82 bits per heavy atom. The number of halogens is 1. The topological polar surface area (TPSA) is 92.8 Å². The highest BCUT2D eigenvalue weighted by Gasteiger charge is 2.35. The lowest BCUT2D eigenvalue weighted by Crippen LogP contribution is -2.27. The van der Waals surface area contributed by atoms with Gasteiger partial charge in [0.2, 0.25) is 0 Å². The van der Waals surface area contributed by atoms with Crippen LogP contribution < -0.4 is 5.32 Å². The minimum absolute atomic E-state index is 0.0804. The highest BCUT2D eigenvalue weighted by atomic mass is 35.5. The summed E-state index contributed by atoms with van der Waals surface area (Å²) in [6.07, 6.45) is 5.36. The zero-order valence-corrected chi connectivity index (χ0v) is 23.5. The lowest BCUT2D eigenvalue weighted by molar-refractivity contribution is -0.123. The van der Waals surface area contributed by atoms with Gasteiger partial charge >= 0.3 is 5.97 Å². The first kappa shape index (κ1) is 27.2. The van der Waals surface area contributed by atoms with Crippen molar-refractivity contribution >= 4 is 68.8 Å². The van der Waals surface area contributed by atoms with Crippen molar-refractivity contribution in [2.24, 2.45) is 0 Å². The SMILES string of the molecule is CCOC(=O)c1c(NC(=O)c2ccc(CN3C(=O)S/C(=C\c4ccccc4Cl)C3=O)cc2)sc2c1CCCC2. The summed E-state index contributed by atoms with van der Waals surface area (Å²) in [5, 5.41) is 3.54. The number of benzene rings is 2. The molecule has 7 nitrogen and oxygen atoms in total. The molecule has 2 aliphatic rings. The third-order valence-electron chi connectivity index (χ3n) is 6.50. The smallest absolute Gasteiger partial charge is 0.341 e. The molecule has 0 atom stereocenters. The molecule has 0 unspecified atom stereocenters. The van der Waals surface area contributed by atoms with Crippen molar-refractivity contribution in [3.63, 3.8) is 0 Å². The van der Waals surface area contributed by atoms with Crippen molar-refractivity contribution in [3.8, 4) is 0 Å². The van der Waals surface area contributed by atoms with Gasteiger partial charge in [0.1, 0.15) is 5.00 Å². The van der Waals surface area contributed by atoms with Gasteiger partial charge < -0.3 is 10.1 Å². The van der Waals surface area contributed by atoms with Crippen molar-refractivity contribution in [3.05, 3.63) is 91.2 Å². The molecule has 3 amide bonds. The number of nitrogens with one attached hydrogen (secondary N) is 1. The second kappa shape index (κ2) is 11.8. The van der Waals surface area contributed by atoms with Gasteiger partial charge in [-0.3, -0.25) is 19.3 Å². The van der Waals surface area contributed by atoms with Gasteiger partial charge in [0, 0.05) is 15.5 Å². The first-order valence-electron chi connectivity index (χ1n) is 12.6. The number of thioether (sulfide) groups is 1. The quantitative estimate of drug-likeness (QED) is 0.240. The van der Waals surface area contributed by atoms with Gasteiger partial charge in [0.05, 0.1) is 23.6 Å². The summed E-state index contributed by atoms with van der Waals surface area (Å²) < 4.78 is 5.27. The fraction of sp³-hybridized carbons (Fsp3) is 0.241. The molecule has 0 saturated carbocycles. The third kappa shape index (κ3) is 5.80. The number of thiophene rings is 1. The van der Waals surface area contributed by atoms with Crippen molar-refractivity contribution in [1.82, 2.24) is 4.90 Å². The number of carbonyl (C=O) groups excluding carboxylic acids is 4. The van der Waals surface area contributed by atoms with Crippen LogP contribution in [0, 0.1) is 0 Å². The summed E-state index contributed by atoms with van der Waals surface area (Å²) in [4.78, 5) is 53.8. The Kier molecular flexibility index (Phi) is 8.20. The summed E-state index contributed by atoms with van der Waals surface area (Å²) in [6.45, 7) is 2.10. The van der Waals surface area contributed by atoms with Gasteiger partial charge in [-0.15, -0.1) is 11.3 Å². The fourth-order valence-electron chi connectivity index (χ4n) is 4.56. The summed E-state index contributed by atoms with van der Waals surface area (Å²) in [6, 6.07) is 13.8. The number of aryl methyl sites for hydroxylation is 1. The van der Waals surface area contributed by atoms with Crippen LogP contribution in [0.25, 0.3) is 6.08 Å². The van der Waals surface area contributed by atoms with Gasteiger partial charge in [0.25, 0.3) is 17.1 Å². The number of ether oxygens (including phenoxy) is 1. The van der Waals surface area contributed by atoms with Crippen LogP contribution in [0.2, 0.25) is 5.02 Å². The van der Waals surface area contributed by atoms with Crippen molar-refractivity contribution in [2.45, 2.75) is 39.2 Å². The minimum atomic E-state index is -0.414. The van der Waals surface area contributed by atoms with Crippen molar-refractivity contribution in [2.75, 3.05) is 11.9 Å². The molecule has 1 N–H and O–H groups in total. The first-order valence-corrected chi connectivity index (χ1v) is 14.6. The molecule has 1 aliphatic carbocycles. The molecule has 1 aliphatic heterocycles. The second-order valence-electron chi connectivity index (χ2n) is 9.08. The van der Waals surface area contributed by atoms with Gasteiger partial charge in [-0.25, -0.2) is 4.79 Å². The number of hydrogen-bond acceptors (Lipinski definition) is 7. The number of imide groups is 1. The summed E-state index contributed by atoms with van der Waals surface area (Å²) in [5.74, 6) is -1.15. The van der Waals surface area contributed by atoms with E-state index in [4.69, 9.17) is 16.3 Å². The number of hydrogen-bond donors (Lipinski definition) is 1. The molecular formula is C29H25ClN2O5S2. The summed E-state index contributed by atoms with van der Waals surface area (Å²) in [7, 11) is 0. The highest BCUT2D eigenvalue weighted by Crippen LogP contribution is 2.39. The van der Waals surface area contributed by atoms with E-state index in [1.54, 1.807) is 55.5 Å². The maximum atomic E-state index is 13.1. The molecule has 5 rings (SSSR count). The van der Waals surface area contributed by atoms with E-state index in [2.05, 4.69) is 5.32 Å². The predicted octanol–water partition coefficient (Wildman–Crippen LogP) is 6.95. The Hall–Kier alpha value is -3.40. The van der Waals surface area contributed by atoms with E-state index in [1.165, 1.54) is 16.2 Å². The first-order chi connectivity index (χ1) is 18.9. The Balaban J connectivity index is 1.28. The molecule has 1 aromatic heterocycles. The monoisotopic (exact) mass is 580 g/mol. The normalized spacial score (nSPS) is 15.9. The van der Waals surface area contributed by atoms with Crippen LogP contribution >= 0.6 is 34.7 Å². The van der Waals surface area contributed by atoms with Crippen LogP contribution in [0.4, 0.5) is 9.80 Å². The molecule has 39 heavy (non-hydrogen) atoms. The number of esters is 1. The molecule has 1 saturated heterocycles. The highest BCUT2D eigenvalue weighted by molar-refractivity contribution is 8.18. The third-order valence-corrected chi connectivity index (χ3v) is 8.96. The van der Waals surface area contributed by atoms with Crippen LogP contribution in [0.15, 0.2) is 53.4 Å². The maximum Gasteiger partial charge on any atom is 0.341 e. The minimum Gasteiger partial charge on any atom is -0.462 e. The Morgan fingerprint density at radius 3 is 2.56 bits per heavy atom. The van der Waals surface area contributed by atoms with Gasteiger partial charge in [-0.05, 0) is 85.3 Å². The average molecular weight is 581 g/mol. The molecule has 3 aromatic rings. The van der Waals surface area contributed by atoms with Crippen molar-refractivity contribution < 1.29 is 23.9 Å². The summed E-state index contributed by atoms with van der Waals surface area (Å²) >= 11 is 8.50. The van der Waals surface area contributed by atoms with Crippen molar-refractivity contribution in [1.29, 1.82) is 0 Å². The van der Waals surface area contributed by atoms with Crippen LogP contribution in [-0.4, -0.2) is 34.5 Å². The fourth-order valence-corrected chi connectivity index (χ4v) is 6.85. The molecule has 10 heteroatoms. The number of rotatable bonds is 7. The van der Waals surface area contributed by atoms with E-state index in [0.29, 0.717) is 37.2 Å². The molecule has 0 spiro atoms. The van der Waals surface area contributed by atoms with Crippen LogP contribution in [0.3, 0.4) is 0 Å². The van der Waals surface area contributed by atoms with E-state index >= 15 is 0 Å². The van der Waals surface area contributed by atoms with Gasteiger partial charge in [-0.2, -0.15) is 0 Å². The maximum absolute atomic E-state index is 13.1. The van der Waals surface area contributed by atoms with E-state index < -0.39 is 5.97 Å². The molecule has 200 valence electrons. The zero-order chi connectivity index (χ0) is 27.5. The van der Waals surface area contributed by atoms with Gasteiger partial charge in [-0.1, -0.05) is 41.9 Å². The lowest BCUT2D eigenvalue weighted by Gasteiger charge is -2.13. The molecule has 2 aromatic carbocycles. The summed E-state index contributed by atoms with van der Waals surface area (Å²) in [5.41, 5.74) is 3.21. The Bertz CT molecular complexity index is 1500. The van der Waals surface area contributed by atoms with E-state index in [1.807, 2.05) is 6.07 Å². The molecule has 2 heterocycles. The number of nitrogens with zero attached hydrogens (tertiary/aromatic N) is 1. The molecule has 1 fully saturated rings. The second-order valence-corrected chi connectivity index (χ2v) is 11.6. The standard InChI is InChI=1S/C29H25ClN2O5S2/c1-2-37-28(35)24-20-8-4-6-10-22(20)38-26(24)31-25(33)18-13-11-17(12-14-18)16-32-27(34)23(39-29(32)36)15-19-7-3-5-9-21(19)30/h3,5,7,9,11-15H,2,4,6,8,10,16H2,1H3,(H,31,33)/b23-15-. The number of fused-ring (bicyclic) bond motifs is 1. The Labute approximate surface area is 239 Å². The van der Waals surface area contributed by atoms with Crippen LogP contribution in [0.5, 0.6) is 0 Å². The lowest BCUT2D eigenvalue weighted by atomic mass is 9.95. The van der Waals surface area contributed by atoms with Crippen LogP contribution in [-0.2, 0) is 28.9 Å². The zero-order valence-electron chi connectivity index (χ0n) is 21.1. The van der Waals surface area contributed by atoms with Crippen LogP contribution in [0.1, 0.15) is 62.0 Å². The van der Waals surface area contributed by atoms with Gasteiger partial charge in [0.15, 0.2) is 0 Å². The molecule has 0 bridgehead atoms. The van der Waals surface area contributed by atoms with E-state index in [0.717, 1.165) is 47.9 Å². The van der Waals surface area contributed by atoms with E-state index in [9.17, 15) is 19.2 Å². The number of anilines is 1. The number of amides is 3. The Morgan fingerprint density at radius 1 is 1.08 bits per heavy atom. The average Bonchev–Trinajstić information content (AvgIpc) is 3.42. The largest absolute Gasteiger partial charge is 0.462 e. The molecule has 0 radical (unpaired) electrons. The molecular weight excluding hydrogens is 556 g/mol.